The predicted molar refractivity (Wildman–Crippen MR) is 193 cm³/mol. The highest BCUT2D eigenvalue weighted by Crippen LogP contribution is 2.48. The van der Waals surface area contributed by atoms with Gasteiger partial charge < -0.3 is 25.1 Å². The van der Waals surface area contributed by atoms with Crippen LogP contribution in [0.5, 0.6) is 0 Å². The molecule has 3 aliphatic carbocycles. The number of aryl methyl sites for hydroxylation is 1. The Kier molecular flexibility index (Phi) is 9.94. The number of nitrogens with zero attached hydrogens (tertiary/aromatic N) is 2. The zero-order valence-corrected chi connectivity index (χ0v) is 31.2. The molecule has 2 aromatic carbocycles. The summed E-state index contributed by atoms with van der Waals surface area (Å²) in [7, 11) is -4.12. The summed E-state index contributed by atoms with van der Waals surface area (Å²) in [5.41, 5.74) is 2.30. The Morgan fingerprint density at radius 3 is 2.43 bits per heavy atom. The summed E-state index contributed by atoms with van der Waals surface area (Å²) in [6.07, 6.45) is -1.63. The van der Waals surface area contributed by atoms with E-state index in [0.29, 0.717) is 25.0 Å². The lowest BCUT2D eigenvalue weighted by Gasteiger charge is -2.35. The third kappa shape index (κ3) is 7.40. The molecule has 0 aromatic heterocycles. The van der Waals surface area contributed by atoms with E-state index >= 15 is 0 Å². The van der Waals surface area contributed by atoms with Crippen molar-refractivity contribution in [3.8, 4) is 11.1 Å². The van der Waals surface area contributed by atoms with E-state index in [9.17, 15) is 36.4 Å². The summed E-state index contributed by atoms with van der Waals surface area (Å²) in [6, 6.07) is 11.4. The zero-order valence-electron chi connectivity index (χ0n) is 30.4. The summed E-state index contributed by atoms with van der Waals surface area (Å²) in [6.45, 7) is 5.16. The maximum Gasteiger partial charge on any atom is 0.407 e. The van der Waals surface area contributed by atoms with E-state index in [0.717, 1.165) is 47.1 Å². The van der Waals surface area contributed by atoms with Crippen molar-refractivity contribution in [1.82, 2.24) is 20.3 Å². The van der Waals surface area contributed by atoms with Gasteiger partial charge in [-0.15, -0.1) is 0 Å². The molecule has 0 spiro atoms. The molecule has 4 bridgehead atoms. The van der Waals surface area contributed by atoms with Crippen LogP contribution in [-0.4, -0.2) is 91.4 Å². The molecule has 2 saturated carbocycles. The summed E-state index contributed by atoms with van der Waals surface area (Å²) in [5.74, 6) is -4.49. The van der Waals surface area contributed by atoms with Crippen molar-refractivity contribution in [2.24, 2.45) is 16.5 Å². The molecule has 2 aliphatic heterocycles. The van der Waals surface area contributed by atoms with Crippen LogP contribution in [0.3, 0.4) is 0 Å². The van der Waals surface area contributed by atoms with Gasteiger partial charge in [-0.05, 0) is 73.1 Å². The molecule has 54 heavy (non-hydrogen) atoms. The highest BCUT2D eigenvalue weighted by atomic mass is 32.2. The highest BCUT2D eigenvalue weighted by molar-refractivity contribution is 7.91. The van der Waals surface area contributed by atoms with E-state index in [-0.39, 0.29) is 19.6 Å². The van der Waals surface area contributed by atoms with Gasteiger partial charge >= 0.3 is 6.09 Å². The number of oxime groups is 1. The molecule has 5 atom stereocenters. The first-order valence-corrected chi connectivity index (χ1v) is 20.0. The summed E-state index contributed by atoms with van der Waals surface area (Å²) >= 11 is 0. The number of fused-ring (bicyclic) bond motifs is 6. The molecule has 3 fully saturated rings. The number of amides is 4. The summed E-state index contributed by atoms with van der Waals surface area (Å²) in [4.78, 5) is 62.3. The molecular weight excluding hydrogens is 725 g/mol. The minimum atomic E-state index is -4.12. The van der Waals surface area contributed by atoms with E-state index < -0.39 is 87.0 Å². The van der Waals surface area contributed by atoms with Crippen LogP contribution >= 0.6 is 0 Å². The lowest BCUT2D eigenvalue weighted by molar-refractivity contribution is -0.143. The number of hydrogen-bond acceptors (Lipinski definition) is 9. The normalized spacial score (nSPS) is 28.3. The average Bonchev–Trinajstić information content (AvgIpc) is 4.03. The summed E-state index contributed by atoms with van der Waals surface area (Å²) in [5, 5.41) is 8.89. The highest BCUT2D eigenvalue weighted by Gasteiger charge is 2.67. The number of sulfonamides is 1. The third-order valence-electron chi connectivity index (χ3n) is 10.9. The summed E-state index contributed by atoms with van der Waals surface area (Å²) < 4.78 is 60.8. The second-order valence-electron chi connectivity index (χ2n) is 16.0. The van der Waals surface area contributed by atoms with E-state index in [4.69, 9.17) is 9.57 Å². The second-order valence-corrected chi connectivity index (χ2v) is 18.0. The van der Waals surface area contributed by atoms with Crippen LogP contribution in [0.15, 0.2) is 47.6 Å². The van der Waals surface area contributed by atoms with Gasteiger partial charge in [-0.3, -0.25) is 19.1 Å². The van der Waals surface area contributed by atoms with Crippen molar-refractivity contribution >= 4 is 39.5 Å². The number of alkyl carbamates (subject to hydrolysis) is 1. The first kappa shape index (κ1) is 37.7. The lowest BCUT2D eigenvalue weighted by atomic mass is 9.85. The SMILES string of the molecule is CC(C)(C)[C@@H]1NC(=O)OCCCCCc2ccc3c(c2)/C(=N/O[C@@H]2C[C@@H](C(=O)N[C@@]4(C(=O)NS(=O)(=O)C5CC5)C[C@H]4C(F)F)N(C2)C1=O)c1ccccc1-3. The molecule has 2 aromatic rings. The molecule has 13 nitrogen and oxygen atoms in total. The number of ether oxygens (including phenoxy) is 1. The Labute approximate surface area is 312 Å². The van der Waals surface area contributed by atoms with Gasteiger partial charge in [-0.1, -0.05) is 62.3 Å². The maximum atomic E-state index is 14.4. The van der Waals surface area contributed by atoms with Crippen LogP contribution in [0.4, 0.5) is 13.6 Å². The number of carbonyl (C=O) groups is 4. The Balaban J connectivity index is 1.22. The molecule has 7 rings (SSSR count). The average molecular weight is 770 g/mol. The molecule has 0 unspecified atom stereocenters. The Hall–Kier alpha value is -4.60. The van der Waals surface area contributed by atoms with Crippen molar-refractivity contribution in [1.29, 1.82) is 0 Å². The first-order valence-electron chi connectivity index (χ1n) is 18.5. The van der Waals surface area contributed by atoms with Crippen molar-refractivity contribution in [3.05, 3.63) is 59.2 Å². The van der Waals surface area contributed by atoms with Gasteiger partial charge in [0.1, 0.15) is 29.4 Å². The van der Waals surface area contributed by atoms with E-state index in [1.54, 1.807) is 20.8 Å². The Morgan fingerprint density at radius 1 is 1.02 bits per heavy atom. The van der Waals surface area contributed by atoms with Gasteiger partial charge in [0.15, 0.2) is 0 Å². The quantitative estimate of drug-likeness (QED) is 0.338. The molecule has 3 N–H and O–H groups in total. The number of alkyl halides is 2. The van der Waals surface area contributed by atoms with Gasteiger partial charge in [-0.25, -0.2) is 22.0 Å². The smallest absolute Gasteiger partial charge is 0.407 e. The fourth-order valence-corrected chi connectivity index (χ4v) is 8.99. The zero-order chi connectivity index (χ0) is 38.6. The van der Waals surface area contributed by atoms with Crippen molar-refractivity contribution < 1.29 is 46.0 Å². The molecule has 1 saturated heterocycles. The van der Waals surface area contributed by atoms with Crippen LogP contribution in [0.1, 0.15) is 82.4 Å². The molecule has 290 valence electrons. The number of carbonyl (C=O) groups excluding carboxylic acids is 4. The van der Waals surface area contributed by atoms with E-state index in [1.807, 2.05) is 29.0 Å². The number of halogens is 2. The molecule has 0 radical (unpaired) electrons. The van der Waals surface area contributed by atoms with E-state index in [2.05, 4.69) is 34.0 Å². The van der Waals surface area contributed by atoms with Gasteiger partial charge in [0.2, 0.25) is 28.3 Å². The molecule has 5 aliphatic rings. The van der Waals surface area contributed by atoms with Gasteiger partial charge in [0.05, 0.1) is 24.3 Å². The second kappa shape index (κ2) is 14.2. The predicted octanol–water partition coefficient (Wildman–Crippen LogP) is 4.02. The van der Waals surface area contributed by atoms with Crippen LogP contribution in [0.25, 0.3) is 11.1 Å². The van der Waals surface area contributed by atoms with Crippen LogP contribution in [0, 0.1) is 11.3 Å². The first-order chi connectivity index (χ1) is 25.6. The minimum absolute atomic E-state index is 0.129. The molecular formula is C38H45F2N5O8S. The van der Waals surface area contributed by atoms with Gasteiger partial charge in [0, 0.05) is 17.5 Å². The third-order valence-corrected chi connectivity index (χ3v) is 12.8. The topological polar surface area (TPSA) is 173 Å². The van der Waals surface area contributed by atoms with Gasteiger partial charge in [-0.2, -0.15) is 0 Å². The number of cyclic esters (lactones) is 1. The van der Waals surface area contributed by atoms with Crippen LogP contribution in [-0.2, 0) is 40.4 Å². The van der Waals surface area contributed by atoms with Crippen molar-refractivity contribution in [2.75, 3.05) is 13.2 Å². The van der Waals surface area contributed by atoms with Gasteiger partial charge in [0.25, 0.3) is 5.91 Å². The largest absolute Gasteiger partial charge is 0.450 e. The number of rotatable bonds is 6. The Morgan fingerprint density at radius 2 is 1.74 bits per heavy atom. The minimum Gasteiger partial charge on any atom is -0.450 e. The van der Waals surface area contributed by atoms with Crippen LogP contribution < -0.4 is 15.4 Å². The molecule has 16 heteroatoms. The van der Waals surface area contributed by atoms with Crippen molar-refractivity contribution in [2.45, 2.75) is 108 Å². The standard InChI is InChI=1S/C38H45F2N5O8S/c1-37(2,3)31-34(47)45-20-22(18-29(45)33(46)42-38(19-28(38)32(39)40)35(48)44-54(50,51)23-13-14-23)53-43-30-26-11-7-6-10-24(26)25-15-12-21(17-27(25)30)9-5-4-8-16-52-36(49)41-31/h6-7,10-12,15,17,22-23,28-29,31-32H,4-5,8-9,13-14,16,18-20H2,1-3H3,(H,41,49)(H,42,46)(H,44,48)/b43-30+/t22-,28+,29+,31-,38+/m1/s1. The fourth-order valence-electron chi connectivity index (χ4n) is 7.62. The fraction of sp³-hybridized carbons (Fsp3) is 0.553. The Bertz CT molecular complexity index is 2000. The number of nitrogens with one attached hydrogen (secondary N) is 3. The lowest BCUT2D eigenvalue weighted by Crippen LogP contribution is -2.60. The number of hydrogen-bond donors (Lipinski definition) is 3. The number of benzene rings is 2. The molecule has 4 amide bonds. The van der Waals surface area contributed by atoms with Crippen LogP contribution in [0.2, 0.25) is 0 Å². The molecule has 2 heterocycles. The van der Waals surface area contributed by atoms with Crippen molar-refractivity contribution in [3.63, 3.8) is 0 Å². The monoisotopic (exact) mass is 769 g/mol. The maximum absolute atomic E-state index is 14.4. The van der Waals surface area contributed by atoms with E-state index in [1.165, 1.54) is 4.90 Å².